The van der Waals surface area contributed by atoms with Gasteiger partial charge in [0.05, 0.1) is 0 Å². The summed E-state index contributed by atoms with van der Waals surface area (Å²) in [4.78, 5) is 0. The van der Waals surface area contributed by atoms with E-state index in [0.29, 0.717) is 0 Å². The second-order valence-electron chi connectivity index (χ2n) is 3.10. The zero-order valence-electron chi connectivity index (χ0n) is 7.69. The molecule has 0 saturated carbocycles. The van der Waals surface area contributed by atoms with E-state index in [4.69, 9.17) is 0 Å². The molecule has 2 heteroatoms. The van der Waals surface area contributed by atoms with E-state index in [9.17, 15) is 0 Å². The predicted octanol–water partition coefficient (Wildman–Crippen LogP) is 2.57. The lowest BCUT2D eigenvalue weighted by Crippen LogP contribution is -1.85. The molecule has 0 unspecified atom stereocenters. The SMILES string of the molecule is CC([SiH3])=C(C)c1ccccc1Br. The molecule has 0 aromatic heterocycles. The Bertz CT molecular complexity index is 311. The van der Waals surface area contributed by atoms with Crippen LogP contribution in [0.3, 0.4) is 0 Å². The van der Waals surface area contributed by atoms with Crippen molar-refractivity contribution in [3.05, 3.63) is 39.5 Å². The molecule has 0 fully saturated rings. The average molecular weight is 241 g/mol. The van der Waals surface area contributed by atoms with E-state index in [1.54, 1.807) is 0 Å². The molecule has 0 spiro atoms. The van der Waals surface area contributed by atoms with Crippen molar-refractivity contribution in [2.75, 3.05) is 0 Å². The Morgan fingerprint density at radius 2 is 1.83 bits per heavy atom. The maximum absolute atomic E-state index is 3.55. The van der Waals surface area contributed by atoms with Gasteiger partial charge in [0, 0.05) is 14.7 Å². The van der Waals surface area contributed by atoms with Gasteiger partial charge in [-0.25, -0.2) is 0 Å². The zero-order valence-corrected chi connectivity index (χ0v) is 11.3. The molecule has 12 heavy (non-hydrogen) atoms. The van der Waals surface area contributed by atoms with Crippen molar-refractivity contribution < 1.29 is 0 Å². The largest absolute Gasteiger partial charge is 0.0913 e. The van der Waals surface area contributed by atoms with E-state index in [1.165, 1.54) is 20.8 Å². The van der Waals surface area contributed by atoms with Crippen LogP contribution in [0.4, 0.5) is 0 Å². The number of benzene rings is 1. The summed E-state index contributed by atoms with van der Waals surface area (Å²) in [5.74, 6) is 0. The van der Waals surface area contributed by atoms with Gasteiger partial charge in [0.25, 0.3) is 0 Å². The Hall–Kier alpha value is -0.343. The minimum atomic E-state index is 1.14. The normalized spacial score (nSPS) is 12.9. The standard InChI is InChI=1S/C10H13BrSi/c1-7(8(2)12)9-5-3-4-6-10(9)11/h3-6H,1-2,12H3. The van der Waals surface area contributed by atoms with Gasteiger partial charge < -0.3 is 0 Å². The molecule has 0 amide bonds. The van der Waals surface area contributed by atoms with Gasteiger partial charge in [-0.3, -0.25) is 0 Å². The summed E-state index contributed by atoms with van der Waals surface area (Å²) in [5, 5.41) is 1.50. The maximum atomic E-state index is 3.55. The van der Waals surface area contributed by atoms with Crippen molar-refractivity contribution in [1.29, 1.82) is 0 Å². The number of hydrogen-bond acceptors (Lipinski definition) is 0. The number of rotatable bonds is 1. The van der Waals surface area contributed by atoms with Crippen molar-refractivity contribution in [2.24, 2.45) is 0 Å². The quantitative estimate of drug-likeness (QED) is 0.663. The van der Waals surface area contributed by atoms with E-state index in [0.717, 1.165) is 10.2 Å². The summed E-state index contributed by atoms with van der Waals surface area (Å²) in [5.41, 5.74) is 2.74. The third-order valence-corrected chi connectivity index (χ3v) is 3.47. The highest BCUT2D eigenvalue weighted by Gasteiger charge is 2.00. The van der Waals surface area contributed by atoms with E-state index in [-0.39, 0.29) is 0 Å². The number of halogens is 1. The van der Waals surface area contributed by atoms with Crippen LogP contribution in [0.15, 0.2) is 33.9 Å². The zero-order chi connectivity index (χ0) is 9.14. The Kier molecular flexibility index (Phi) is 3.29. The highest BCUT2D eigenvalue weighted by atomic mass is 79.9. The first-order valence-corrected chi connectivity index (χ1v) is 5.81. The Morgan fingerprint density at radius 3 is 2.33 bits per heavy atom. The smallest absolute Gasteiger partial charge is 0.0333 e. The highest BCUT2D eigenvalue weighted by molar-refractivity contribution is 9.10. The summed E-state index contributed by atoms with van der Waals surface area (Å²) in [7, 11) is 1.14. The molecule has 1 rings (SSSR count). The van der Waals surface area contributed by atoms with Crippen molar-refractivity contribution in [2.45, 2.75) is 13.8 Å². The van der Waals surface area contributed by atoms with Crippen LogP contribution in [0.25, 0.3) is 5.57 Å². The first-order valence-electron chi connectivity index (χ1n) is 4.02. The molecule has 0 aliphatic heterocycles. The summed E-state index contributed by atoms with van der Waals surface area (Å²) in [6.45, 7) is 4.38. The van der Waals surface area contributed by atoms with Gasteiger partial charge in [-0.15, -0.1) is 0 Å². The van der Waals surface area contributed by atoms with Crippen LogP contribution < -0.4 is 0 Å². The topological polar surface area (TPSA) is 0 Å². The van der Waals surface area contributed by atoms with Crippen LogP contribution >= 0.6 is 15.9 Å². The van der Waals surface area contributed by atoms with Gasteiger partial charge in [-0.1, -0.05) is 39.3 Å². The van der Waals surface area contributed by atoms with Gasteiger partial charge in [0.2, 0.25) is 0 Å². The van der Waals surface area contributed by atoms with E-state index in [2.05, 4.69) is 48.0 Å². The lowest BCUT2D eigenvalue weighted by atomic mass is 10.1. The minimum absolute atomic E-state index is 1.14. The van der Waals surface area contributed by atoms with Crippen LogP contribution in [-0.2, 0) is 0 Å². The molecule has 0 saturated heterocycles. The van der Waals surface area contributed by atoms with Crippen LogP contribution in [0.5, 0.6) is 0 Å². The molecule has 1 aromatic rings. The maximum Gasteiger partial charge on any atom is 0.0333 e. The summed E-state index contributed by atoms with van der Waals surface area (Å²) >= 11 is 3.55. The second kappa shape index (κ2) is 4.05. The Balaban J connectivity index is 3.21. The van der Waals surface area contributed by atoms with Crippen LogP contribution in [0, 0.1) is 0 Å². The van der Waals surface area contributed by atoms with Gasteiger partial charge >= 0.3 is 0 Å². The molecule has 0 N–H and O–H groups in total. The van der Waals surface area contributed by atoms with Crippen LogP contribution in [-0.4, -0.2) is 10.2 Å². The van der Waals surface area contributed by atoms with E-state index in [1.807, 2.05) is 6.07 Å². The van der Waals surface area contributed by atoms with Gasteiger partial charge in [-0.05, 0) is 31.1 Å². The fraction of sp³-hybridized carbons (Fsp3) is 0.200. The summed E-state index contributed by atoms with van der Waals surface area (Å²) in [6.07, 6.45) is 0. The Morgan fingerprint density at radius 1 is 1.25 bits per heavy atom. The molecule has 0 bridgehead atoms. The molecule has 0 aliphatic carbocycles. The molecule has 0 aliphatic rings. The van der Waals surface area contributed by atoms with E-state index >= 15 is 0 Å². The van der Waals surface area contributed by atoms with Crippen molar-refractivity contribution in [3.8, 4) is 0 Å². The van der Waals surface area contributed by atoms with Crippen molar-refractivity contribution >= 4 is 31.7 Å². The van der Waals surface area contributed by atoms with E-state index < -0.39 is 0 Å². The third kappa shape index (κ3) is 2.08. The fourth-order valence-electron chi connectivity index (χ4n) is 1.03. The molecular formula is C10H13BrSi. The number of allylic oxidation sites excluding steroid dienone is 2. The molecule has 0 atom stereocenters. The minimum Gasteiger partial charge on any atom is -0.0913 e. The summed E-state index contributed by atoms with van der Waals surface area (Å²) < 4.78 is 1.19. The van der Waals surface area contributed by atoms with Crippen LogP contribution in [0.2, 0.25) is 0 Å². The third-order valence-electron chi connectivity index (χ3n) is 2.03. The average Bonchev–Trinajstić information content (AvgIpc) is 2.04. The monoisotopic (exact) mass is 240 g/mol. The van der Waals surface area contributed by atoms with Crippen molar-refractivity contribution in [3.63, 3.8) is 0 Å². The molecule has 64 valence electrons. The fourth-order valence-corrected chi connectivity index (χ4v) is 1.89. The van der Waals surface area contributed by atoms with Gasteiger partial charge in [0.1, 0.15) is 0 Å². The highest BCUT2D eigenvalue weighted by Crippen LogP contribution is 2.24. The molecular weight excluding hydrogens is 228 g/mol. The molecule has 0 heterocycles. The summed E-state index contributed by atoms with van der Waals surface area (Å²) in [6, 6.07) is 8.36. The first kappa shape index (κ1) is 9.74. The lowest BCUT2D eigenvalue weighted by Gasteiger charge is -2.06. The molecule has 0 radical (unpaired) electrons. The second-order valence-corrected chi connectivity index (χ2v) is 5.46. The lowest BCUT2D eigenvalue weighted by molar-refractivity contribution is 1.49. The molecule has 0 nitrogen and oxygen atoms in total. The predicted molar refractivity (Wildman–Crippen MR) is 62.3 cm³/mol. The van der Waals surface area contributed by atoms with Gasteiger partial charge in [-0.2, -0.15) is 0 Å². The Labute approximate surface area is 85.2 Å². The molecule has 1 aromatic carbocycles. The van der Waals surface area contributed by atoms with Crippen LogP contribution in [0.1, 0.15) is 19.4 Å². The number of hydrogen-bond donors (Lipinski definition) is 0. The van der Waals surface area contributed by atoms with Crippen molar-refractivity contribution in [1.82, 2.24) is 0 Å². The first-order chi connectivity index (χ1) is 5.63. The van der Waals surface area contributed by atoms with Gasteiger partial charge in [0.15, 0.2) is 0 Å².